The summed E-state index contributed by atoms with van der Waals surface area (Å²) in [5, 5.41) is 30.6. The normalized spacial score (nSPS) is 58.0. The van der Waals surface area contributed by atoms with Crippen LogP contribution in [0.25, 0.3) is 0 Å². The number of rotatable bonds is 2. The maximum atomic E-state index is 12.4. The Kier molecular flexibility index (Phi) is 3.90. The quantitative estimate of drug-likeness (QED) is 0.696. The molecule has 3 N–H and O–H groups in total. The van der Waals surface area contributed by atoms with Crippen LogP contribution in [0.4, 0.5) is 0 Å². The van der Waals surface area contributed by atoms with Crippen LogP contribution in [-0.4, -0.2) is 46.2 Å². The zero-order chi connectivity index (χ0) is 18.3. The molecule has 5 heteroatoms. The second kappa shape index (κ2) is 5.76. The third kappa shape index (κ3) is 2.04. The minimum Gasteiger partial charge on any atom is -0.393 e. The first-order valence-electron chi connectivity index (χ1n) is 10.6. The predicted octanol–water partition coefficient (Wildman–Crippen LogP) is 1.87. The second-order valence-electron chi connectivity index (χ2n) is 10.1. The summed E-state index contributed by atoms with van der Waals surface area (Å²) in [4.78, 5) is 12.4. The van der Waals surface area contributed by atoms with E-state index in [9.17, 15) is 20.1 Å². The van der Waals surface area contributed by atoms with Crippen molar-refractivity contribution in [3.63, 3.8) is 0 Å². The molecule has 4 aliphatic carbocycles. The van der Waals surface area contributed by atoms with Crippen molar-refractivity contribution in [2.75, 3.05) is 6.61 Å². The molecule has 0 aromatic heterocycles. The van der Waals surface area contributed by atoms with Crippen molar-refractivity contribution in [1.29, 1.82) is 0 Å². The van der Waals surface area contributed by atoms with Crippen molar-refractivity contribution in [3.05, 3.63) is 0 Å². The van der Waals surface area contributed by atoms with E-state index in [2.05, 4.69) is 6.92 Å². The van der Waals surface area contributed by atoms with Gasteiger partial charge in [-0.05, 0) is 80.5 Å². The van der Waals surface area contributed by atoms with Crippen LogP contribution in [0.2, 0.25) is 0 Å². The third-order valence-corrected chi connectivity index (χ3v) is 9.46. The molecule has 1 spiro atoms. The molecule has 0 radical (unpaired) electrons. The van der Waals surface area contributed by atoms with Gasteiger partial charge in [0.25, 0.3) is 0 Å². The Labute approximate surface area is 155 Å². The van der Waals surface area contributed by atoms with Gasteiger partial charge in [-0.25, -0.2) is 0 Å². The first-order valence-corrected chi connectivity index (χ1v) is 10.6. The summed E-state index contributed by atoms with van der Waals surface area (Å²) >= 11 is 0. The number of carbonyl (C=O) groups excluding carboxylic acids is 1. The van der Waals surface area contributed by atoms with Crippen LogP contribution in [0.3, 0.4) is 0 Å². The fourth-order valence-corrected chi connectivity index (χ4v) is 8.47. The van der Waals surface area contributed by atoms with Crippen LogP contribution in [0.1, 0.15) is 58.3 Å². The maximum absolute atomic E-state index is 12.4. The van der Waals surface area contributed by atoms with Crippen LogP contribution in [0, 0.1) is 40.4 Å². The Morgan fingerprint density at radius 3 is 2.73 bits per heavy atom. The summed E-state index contributed by atoms with van der Waals surface area (Å²) in [7, 11) is 0. The smallest absolute Gasteiger partial charge is 0.162 e. The summed E-state index contributed by atoms with van der Waals surface area (Å²) in [6.45, 7) is 1.97. The van der Waals surface area contributed by atoms with Crippen LogP contribution in [0.5, 0.6) is 0 Å². The molecule has 0 amide bonds. The van der Waals surface area contributed by atoms with Gasteiger partial charge in [-0.2, -0.15) is 0 Å². The molecule has 26 heavy (non-hydrogen) atoms. The predicted molar refractivity (Wildman–Crippen MR) is 93.9 cm³/mol. The largest absolute Gasteiger partial charge is 0.393 e. The van der Waals surface area contributed by atoms with Gasteiger partial charge in [0.15, 0.2) is 12.1 Å². The average Bonchev–Trinajstić information content (AvgIpc) is 3.14. The molecule has 5 fully saturated rings. The van der Waals surface area contributed by atoms with Gasteiger partial charge >= 0.3 is 0 Å². The number of aliphatic hydroxyl groups excluding tert-OH is 3. The first-order chi connectivity index (χ1) is 12.4. The average molecular weight is 364 g/mol. The number of hydrogen-bond acceptors (Lipinski definition) is 5. The summed E-state index contributed by atoms with van der Waals surface area (Å²) in [6, 6.07) is 0. The number of Topliss-reactive ketones (excluding diaryl/α,β-unsaturated/α-hetero) is 1. The van der Waals surface area contributed by atoms with E-state index in [1.165, 1.54) is 0 Å². The molecule has 0 aromatic rings. The van der Waals surface area contributed by atoms with E-state index in [1.807, 2.05) is 0 Å². The van der Waals surface area contributed by atoms with Crippen molar-refractivity contribution in [2.24, 2.45) is 40.4 Å². The molecule has 5 nitrogen and oxygen atoms in total. The molecule has 10 atom stereocenters. The highest BCUT2D eigenvalue weighted by Crippen LogP contribution is 2.71. The Morgan fingerprint density at radius 1 is 1.15 bits per heavy atom. The highest BCUT2D eigenvalue weighted by molar-refractivity contribution is 5.83. The molecule has 0 unspecified atom stereocenters. The van der Waals surface area contributed by atoms with Crippen LogP contribution < -0.4 is 0 Å². The number of hydrogen-bond donors (Lipinski definition) is 3. The topological polar surface area (TPSA) is 87.0 Å². The maximum Gasteiger partial charge on any atom is 0.162 e. The van der Waals surface area contributed by atoms with E-state index in [-0.39, 0.29) is 29.3 Å². The van der Waals surface area contributed by atoms with Crippen LogP contribution in [-0.2, 0) is 9.53 Å². The molecule has 1 heterocycles. The lowest BCUT2D eigenvalue weighted by Crippen LogP contribution is -2.58. The van der Waals surface area contributed by atoms with E-state index >= 15 is 0 Å². The number of ether oxygens (including phenoxy) is 1. The van der Waals surface area contributed by atoms with Crippen molar-refractivity contribution in [3.8, 4) is 0 Å². The lowest BCUT2D eigenvalue weighted by molar-refractivity contribution is -0.162. The molecular formula is C21H32O5. The lowest BCUT2D eigenvalue weighted by Gasteiger charge is -2.60. The molecule has 2 bridgehead atoms. The van der Waals surface area contributed by atoms with Gasteiger partial charge in [0.1, 0.15) is 6.61 Å². The highest BCUT2D eigenvalue weighted by Gasteiger charge is 2.71. The molecule has 4 saturated carbocycles. The van der Waals surface area contributed by atoms with Gasteiger partial charge in [-0.15, -0.1) is 0 Å². The zero-order valence-corrected chi connectivity index (χ0v) is 15.6. The van der Waals surface area contributed by atoms with Crippen molar-refractivity contribution in [2.45, 2.75) is 76.8 Å². The van der Waals surface area contributed by atoms with Gasteiger partial charge in [-0.1, -0.05) is 6.92 Å². The summed E-state index contributed by atoms with van der Waals surface area (Å²) in [5.74, 6) is 1.42. The molecule has 146 valence electrons. The van der Waals surface area contributed by atoms with E-state index in [0.717, 1.165) is 51.4 Å². The molecule has 5 rings (SSSR count). The Morgan fingerprint density at radius 2 is 1.96 bits per heavy atom. The molecule has 1 aliphatic heterocycles. The Hall–Kier alpha value is -0.490. The molecular weight excluding hydrogens is 332 g/mol. The highest BCUT2D eigenvalue weighted by atomic mass is 16.6. The summed E-state index contributed by atoms with van der Waals surface area (Å²) < 4.78 is 6.18. The second-order valence-corrected chi connectivity index (χ2v) is 10.1. The van der Waals surface area contributed by atoms with E-state index in [4.69, 9.17) is 4.74 Å². The summed E-state index contributed by atoms with van der Waals surface area (Å²) in [6.07, 6.45) is 6.55. The van der Waals surface area contributed by atoms with E-state index in [1.54, 1.807) is 0 Å². The fourth-order valence-electron chi connectivity index (χ4n) is 8.47. The van der Waals surface area contributed by atoms with Crippen molar-refractivity contribution >= 4 is 5.78 Å². The molecule has 0 aromatic carbocycles. The number of ketones is 1. The Balaban J connectivity index is 1.53. The SMILES string of the molecule is C[C@]12CC[C@H](O)C[C@H]1CC[C@@H]1[C@H]2[C@H]2C[C@]3([C@@H](C(=O)CO)CC[C@H]13)[C@@H](O)O2. The molecule has 1 saturated heterocycles. The minimum atomic E-state index is -0.873. The van der Waals surface area contributed by atoms with E-state index in [0.29, 0.717) is 23.7 Å². The van der Waals surface area contributed by atoms with Gasteiger partial charge in [0, 0.05) is 11.3 Å². The van der Waals surface area contributed by atoms with Gasteiger partial charge in [0.2, 0.25) is 0 Å². The Bertz CT molecular complexity index is 607. The number of fused-ring (bicyclic) bond motifs is 6. The molecule has 5 aliphatic rings. The lowest BCUT2D eigenvalue weighted by atomic mass is 9.44. The van der Waals surface area contributed by atoms with Gasteiger partial charge in [0.05, 0.1) is 12.2 Å². The standard InChI is InChI=1S/C21H32O5/c1-20-7-6-12(23)8-11(20)2-3-13-14-4-5-15(16(24)10-22)21(14)9-17(18(13)20)26-19(21)25/h11-15,17-19,22-23,25H,2-10H2,1H3/t11-,12+,13+,14-,15-,17-,18+,19+,20+,21+/m1/s1. The van der Waals surface area contributed by atoms with Crippen molar-refractivity contribution in [1.82, 2.24) is 0 Å². The fraction of sp³-hybridized carbons (Fsp3) is 0.952. The number of aliphatic hydroxyl groups is 3. The van der Waals surface area contributed by atoms with Crippen LogP contribution >= 0.6 is 0 Å². The van der Waals surface area contributed by atoms with Gasteiger partial charge < -0.3 is 20.1 Å². The number of carbonyl (C=O) groups is 1. The monoisotopic (exact) mass is 364 g/mol. The van der Waals surface area contributed by atoms with E-state index < -0.39 is 18.3 Å². The van der Waals surface area contributed by atoms with Gasteiger partial charge in [-0.3, -0.25) is 4.79 Å². The minimum absolute atomic E-state index is 0.0152. The zero-order valence-electron chi connectivity index (χ0n) is 15.6. The summed E-state index contributed by atoms with van der Waals surface area (Å²) in [5.41, 5.74) is -0.300. The van der Waals surface area contributed by atoms with Crippen LogP contribution in [0.15, 0.2) is 0 Å². The third-order valence-electron chi connectivity index (χ3n) is 9.46. The van der Waals surface area contributed by atoms with Crippen molar-refractivity contribution < 1.29 is 24.9 Å². The first kappa shape index (κ1) is 17.6.